The van der Waals surface area contributed by atoms with E-state index in [4.69, 9.17) is 4.65 Å². The number of benzene rings is 2. The van der Waals surface area contributed by atoms with Crippen LogP contribution in [0, 0.1) is 6.92 Å². The second-order valence-corrected chi connectivity index (χ2v) is 7.57. The molecule has 0 aromatic heterocycles. The molecule has 0 fully saturated rings. The summed E-state index contributed by atoms with van der Waals surface area (Å²) in [5.41, 5.74) is 2.16. The number of hydrogen-bond acceptors (Lipinski definition) is 4. The summed E-state index contributed by atoms with van der Waals surface area (Å²) < 4.78 is 5.35. The molecule has 0 saturated carbocycles. The Bertz CT molecular complexity index is 879. The molecule has 1 unspecified atom stereocenters. The lowest BCUT2D eigenvalue weighted by molar-refractivity contribution is -0.894. The topological polar surface area (TPSA) is 100 Å². The molecule has 166 valence electrons. The van der Waals surface area contributed by atoms with Crippen LogP contribution in [0.3, 0.4) is 0 Å². The molecule has 0 saturated heterocycles. The Balaban J connectivity index is 0.000000423. The SMILES string of the molecule is CC[NH+](CC)CC.Cc1ccc(C(=O)NC2Cc3cccc(C(=O)O)c3OB2O)cc1. The normalized spacial score (nSPS) is 14.8. The number of aromatic carboxylic acids is 1. The number of carboxylic acid groups (broad SMARTS) is 1. The fourth-order valence-corrected chi connectivity index (χ4v) is 3.42. The molecular weight excluding hydrogens is 395 g/mol. The van der Waals surface area contributed by atoms with E-state index in [9.17, 15) is 19.7 Å². The van der Waals surface area contributed by atoms with Gasteiger partial charge in [-0.3, -0.25) is 4.79 Å². The van der Waals surface area contributed by atoms with Gasteiger partial charge in [0.25, 0.3) is 5.91 Å². The van der Waals surface area contributed by atoms with E-state index in [1.54, 1.807) is 29.2 Å². The van der Waals surface area contributed by atoms with Crippen LogP contribution in [-0.4, -0.2) is 54.7 Å². The summed E-state index contributed by atoms with van der Waals surface area (Å²) >= 11 is 0. The molecule has 0 aliphatic carbocycles. The van der Waals surface area contributed by atoms with Crippen molar-refractivity contribution in [1.82, 2.24) is 5.32 Å². The number of rotatable bonds is 6. The molecule has 8 heteroatoms. The number of fused-ring (bicyclic) bond motifs is 1. The van der Waals surface area contributed by atoms with Gasteiger partial charge in [-0.2, -0.15) is 0 Å². The Morgan fingerprint density at radius 1 is 1.10 bits per heavy atom. The zero-order chi connectivity index (χ0) is 23.0. The maximum absolute atomic E-state index is 12.3. The molecule has 0 spiro atoms. The summed E-state index contributed by atoms with van der Waals surface area (Å²) in [6.07, 6.45) is 0.287. The highest BCUT2D eigenvalue weighted by atomic mass is 16.5. The minimum absolute atomic E-state index is 0.00476. The molecule has 2 aromatic rings. The lowest BCUT2D eigenvalue weighted by atomic mass is 9.72. The summed E-state index contributed by atoms with van der Waals surface area (Å²) in [6.45, 7) is 12.4. The molecule has 0 bridgehead atoms. The lowest BCUT2D eigenvalue weighted by Crippen LogP contribution is -3.11. The number of carboxylic acids is 1. The Hall–Kier alpha value is -2.84. The van der Waals surface area contributed by atoms with Crippen LogP contribution in [-0.2, 0) is 6.42 Å². The van der Waals surface area contributed by atoms with Crippen molar-refractivity contribution >= 4 is 19.0 Å². The molecule has 1 atom stereocenters. The third-order valence-corrected chi connectivity index (χ3v) is 5.48. The van der Waals surface area contributed by atoms with Gasteiger partial charge < -0.3 is 25.0 Å². The molecule has 1 heterocycles. The van der Waals surface area contributed by atoms with Crippen LogP contribution >= 0.6 is 0 Å². The van der Waals surface area contributed by atoms with Gasteiger partial charge in [0.1, 0.15) is 5.75 Å². The van der Waals surface area contributed by atoms with Crippen LogP contribution in [0.4, 0.5) is 0 Å². The van der Waals surface area contributed by atoms with Crippen molar-refractivity contribution in [1.29, 1.82) is 0 Å². The standard InChI is InChI=1S/C17H16BNO5.C6H15N/c1-10-5-7-11(8-6-10)16(20)19-14-9-12-3-2-4-13(17(21)22)15(12)24-18(14)23;1-4-7(5-2)6-3/h2-8,14,23H,9H2,1H3,(H,19,20)(H,21,22);4-6H2,1-3H3/p+1. The van der Waals surface area contributed by atoms with Gasteiger partial charge in [-0.05, 0) is 57.9 Å². The third-order valence-electron chi connectivity index (χ3n) is 5.48. The highest BCUT2D eigenvalue weighted by Gasteiger charge is 2.37. The molecule has 1 aliphatic heterocycles. The van der Waals surface area contributed by atoms with Gasteiger partial charge in [0.15, 0.2) is 0 Å². The van der Waals surface area contributed by atoms with Crippen LogP contribution in [0.5, 0.6) is 5.75 Å². The number of para-hydroxylation sites is 1. The van der Waals surface area contributed by atoms with E-state index in [1.807, 2.05) is 19.1 Å². The molecular formula is C23H32BN2O5+. The van der Waals surface area contributed by atoms with E-state index in [1.165, 1.54) is 25.7 Å². The van der Waals surface area contributed by atoms with Crippen molar-refractivity contribution in [2.75, 3.05) is 19.6 Å². The van der Waals surface area contributed by atoms with E-state index in [2.05, 4.69) is 26.1 Å². The minimum Gasteiger partial charge on any atom is -0.534 e. The average Bonchev–Trinajstić information content (AvgIpc) is 2.76. The van der Waals surface area contributed by atoms with E-state index in [0.29, 0.717) is 11.1 Å². The lowest BCUT2D eigenvalue weighted by Gasteiger charge is -2.28. The molecule has 1 aliphatic rings. The average molecular weight is 427 g/mol. The van der Waals surface area contributed by atoms with Crippen molar-refractivity contribution in [2.45, 2.75) is 40.1 Å². The van der Waals surface area contributed by atoms with Crippen molar-refractivity contribution in [3.8, 4) is 5.75 Å². The van der Waals surface area contributed by atoms with E-state index >= 15 is 0 Å². The molecule has 31 heavy (non-hydrogen) atoms. The molecule has 4 N–H and O–H groups in total. The highest BCUT2D eigenvalue weighted by Crippen LogP contribution is 2.30. The predicted molar refractivity (Wildman–Crippen MR) is 121 cm³/mol. The van der Waals surface area contributed by atoms with Gasteiger partial charge in [-0.25, -0.2) is 4.79 Å². The molecule has 2 aromatic carbocycles. The Morgan fingerprint density at radius 2 is 1.71 bits per heavy atom. The zero-order valence-corrected chi connectivity index (χ0v) is 18.6. The molecule has 0 radical (unpaired) electrons. The fourth-order valence-electron chi connectivity index (χ4n) is 3.42. The fraction of sp³-hybridized carbons (Fsp3) is 0.391. The quantitative estimate of drug-likeness (QED) is 0.522. The maximum Gasteiger partial charge on any atom is 0.547 e. The first-order chi connectivity index (χ1) is 14.8. The summed E-state index contributed by atoms with van der Waals surface area (Å²) in [7, 11) is -1.31. The largest absolute Gasteiger partial charge is 0.547 e. The van der Waals surface area contributed by atoms with Crippen LogP contribution in [0.1, 0.15) is 52.6 Å². The monoisotopic (exact) mass is 427 g/mol. The number of hydrogen-bond donors (Lipinski definition) is 4. The first-order valence-corrected chi connectivity index (χ1v) is 10.7. The Labute approximate surface area is 184 Å². The Kier molecular flexibility index (Phi) is 9.09. The summed E-state index contributed by atoms with van der Waals surface area (Å²) in [5.74, 6) is -1.95. The first-order valence-electron chi connectivity index (χ1n) is 10.7. The van der Waals surface area contributed by atoms with Crippen molar-refractivity contribution in [3.63, 3.8) is 0 Å². The zero-order valence-electron chi connectivity index (χ0n) is 18.6. The second kappa shape index (κ2) is 11.5. The number of quaternary nitrogens is 1. The van der Waals surface area contributed by atoms with Crippen LogP contribution in [0.25, 0.3) is 0 Å². The van der Waals surface area contributed by atoms with Gasteiger partial charge in [-0.15, -0.1) is 0 Å². The number of amides is 1. The summed E-state index contributed by atoms with van der Waals surface area (Å²) in [5, 5.41) is 22.0. The van der Waals surface area contributed by atoms with Crippen molar-refractivity contribution in [3.05, 3.63) is 64.7 Å². The predicted octanol–water partition coefficient (Wildman–Crippen LogP) is 1.38. The summed E-state index contributed by atoms with van der Waals surface area (Å²) in [6, 6.07) is 11.8. The van der Waals surface area contributed by atoms with Crippen molar-refractivity contribution in [2.24, 2.45) is 0 Å². The molecule has 7 nitrogen and oxygen atoms in total. The smallest absolute Gasteiger partial charge is 0.534 e. The van der Waals surface area contributed by atoms with Crippen LogP contribution in [0.15, 0.2) is 42.5 Å². The number of carbonyl (C=O) groups excluding carboxylic acids is 1. The highest BCUT2D eigenvalue weighted by molar-refractivity contribution is 6.47. The Morgan fingerprint density at radius 3 is 2.23 bits per heavy atom. The van der Waals surface area contributed by atoms with E-state index in [0.717, 1.165) is 5.56 Å². The number of nitrogens with one attached hydrogen (secondary N) is 2. The number of aryl methyl sites for hydroxylation is 1. The summed E-state index contributed by atoms with van der Waals surface area (Å²) in [4.78, 5) is 25.2. The minimum atomic E-state index is -1.31. The van der Waals surface area contributed by atoms with Crippen LogP contribution < -0.4 is 14.9 Å². The number of carbonyl (C=O) groups is 2. The van der Waals surface area contributed by atoms with Gasteiger partial charge >= 0.3 is 13.1 Å². The molecule has 1 amide bonds. The molecule has 3 rings (SSSR count). The van der Waals surface area contributed by atoms with E-state index in [-0.39, 0.29) is 23.6 Å². The van der Waals surface area contributed by atoms with E-state index < -0.39 is 19.0 Å². The van der Waals surface area contributed by atoms with Gasteiger partial charge in [0, 0.05) is 5.56 Å². The maximum atomic E-state index is 12.3. The van der Waals surface area contributed by atoms with Crippen molar-refractivity contribution < 1.29 is 29.3 Å². The van der Waals surface area contributed by atoms with Gasteiger partial charge in [0.2, 0.25) is 0 Å². The van der Waals surface area contributed by atoms with Gasteiger partial charge in [-0.1, -0.05) is 29.8 Å². The van der Waals surface area contributed by atoms with Crippen LogP contribution in [0.2, 0.25) is 0 Å². The third kappa shape index (κ3) is 6.57. The van der Waals surface area contributed by atoms with Gasteiger partial charge in [0.05, 0.1) is 31.1 Å². The second-order valence-electron chi connectivity index (χ2n) is 7.57. The first kappa shape index (κ1) is 24.4.